The number of pyridine rings is 1. The highest BCUT2D eigenvalue weighted by Crippen LogP contribution is 2.39. The zero-order valence-corrected chi connectivity index (χ0v) is 12.0. The Bertz CT molecular complexity index is 797. The van der Waals surface area contributed by atoms with Crippen LogP contribution in [0.25, 0.3) is 5.65 Å². The summed E-state index contributed by atoms with van der Waals surface area (Å²) >= 11 is 5.72. The molecule has 0 amide bonds. The summed E-state index contributed by atoms with van der Waals surface area (Å²) in [5.41, 5.74) is 3.17. The number of nitrogens with zero attached hydrogens (tertiary/aromatic N) is 4. The highest BCUT2D eigenvalue weighted by atomic mass is 35.5. The minimum Gasteiger partial charge on any atom is -0.471 e. The Balaban J connectivity index is 1.53. The summed E-state index contributed by atoms with van der Waals surface area (Å²) in [6.45, 7) is 0.355. The predicted octanol–water partition coefficient (Wildman–Crippen LogP) is 3.23. The van der Waals surface area contributed by atoms with Crippen LogP contribution in [0.2, 0.25) is 5.28 Å². The fraction of sp³-hybridized carbons (Fsp3) is 0.267. The van der Waals surface area contributed by atoms with Crippen LogP contribution in [-0.2, 0) is 6.61 Å². The number of fused-ring (bicyclic) bond motifs is 1. The van der Waals surface area contributed by atoms with Crippen LogP contribution in [0.4, 0.5) is 0 Å². The summed E-state index contributed by atoms with van der Waals surface area (Å²) in [5.74, 6) is 1.19. The lowest BCUT2D eigenvalue weighted by Gasteiger charge is -2.01. The fourth-order valence-electron chi connectivity index (χ4n) is 2.34. The van der Waals surface area contributed by atoms with E-state index in [1.54, 1.807) is 12.3 Å². The minimum atomic E-state index is 0.177. The molecule has 0 spiro atoms. The maximum Gasteiger partial charge on any atom is 0.225 e. The van der Waals surface area contributed by atoms with Crippen LogP contribution in [0.5, 0.6) is 5.88 Å². The lowest BCUT2D eigenvalue weighted by Crippen LogP contribution is -1.98. The van der Waals surface area contributed by atoms with Crippen molar-refractivity contribution in [3.8, 4) is 5.88 Å². The van der Waals surface area contributed by atoms with Crippen molar-refractivity contribution in [1.29, 1.82) is 0 Å². The molecular formula is C15H13ClN4O. The van der Waals surface area contributed by atoms with E-state index in [1.807, 2.05) is 6.20 Å². The second-order valence-corrected chi connectivity index (χ2v) is 5.53. The summed E-state index contributed by atoms with van der Waals surface area (Å²) < 4.78 is 7.64. The first kappa shape index (κ1) is 12.6. The predicted molar refractivity (Wildman–Crippen MR) is 78.5 cm³/mol. The molecule has 0 atom stereocenters. The van der Waals surface area contributed by atoms with E-state index in [4.69, 9.17) is 16.3 Å². The van der Waals surface area contributed by atoms with E-state index < -0.39 is 0 Å². The van der Waals surface area contributed by atoms with Crippen molar-refractivity contribution in [3.63, 3.8) is 0 Å². The first-order valence-electron chi connectivity index (χ1n) is 6.87. The van der Waals surface area contributed by atoms with Crippen LogP contribution < -0.4 is 4.74 Å². The molecular weight excluding hydrogens is 288 g/mol. The molecule has 1 saturated carbocycles. The molecule has 1 aliphatic rings. The largest absolute Gasteiger partial charge is 0.471 e. The average Bonchev–Trinajstić information content (AvgIpc) is 3.25. The Morgan fingerprint density at radius 1 is 1.19 bits per heavy atom. The molecule has 0 bridgehead atoms. The van der Waals surface area contributed by atoms with Crippen LogP contribution in [0.1, 0.15) is 30.0 Å². The summed E-state index contributed by atoms with van der Waals surface area (Å²) in [6.07, 6.45) is 8.31. The van der Waals surface area contributed by atoms with E-state index in [0.29, 0.717) is 12.5 Å². The van der Waals surface area contributed by atoms with Crippen molar-refractivity contribution in [3.05, 3.63) is 53.3 Å². The highest BCUT2D eigenvalue weighted by molar-refractivity contribution is 6.28. The van der Waals surface area contributed by atoms with Gasteiger partial charge in [0, 0.05) is 24.7 Å². The minimum absolute atomic E-state index is 0.177. The second kappa shape index (κ2) is 5.00. The number of hydrogen-bond acceptors (Lipinski definition) is 4. The molecule has 0 unspecified atom stereocenters. The lowest BCUT2D eigenvalue weighted by molar-refractivity contribution is 0.289. The summed E-state index contributed by atoms with van der Waals surface area (Å²) in [6, 6.07) is 5.89. The van der Waals surface area contributed by atoms with Gasteiger partial charge in [-0.3, -0.25) is 0 Å². The Morgan fingerprint density at radius 2 is 2.10 bits per heavy atom. The van der Waals surface area contributed by atoms with Crippen LogP contribution in [0, 0.1) is 0 Å². The normalized spacial score (nSPS) is 14.5. The van der Waals surface area contributed by atoms with Crippen molar-refractivity contribution < 1.29 is 4.74 Å². The number of aromatic nitrogens is 4. The quantitative estimate of drug-likeness (QED) is 0.694. The molecule has 1 fully saturated rings. The Hall–Kier alpha value is -2.14. The van der Waals surface area contributed by atoms with Gasteiger partial charge in [-0.2, -0.15) is 4.98 Å². The van der Waals surface area contributed by atoms with Gasteiger partial charge in [-0.1, -0.05) is 6.07 Å². The van der Waals surface area contributed by atoms with Crippen molar-refractivity contribution in [2.75, 3.05) is 0 Å². The molecule has 0 saturated heterocycles. The van der Waals surface area contributed by atoms with E-state index in [1.165, 1.54) is 18.4 Å². The van der Waals surface area contributed by atoms with Gasteiger partial charge < -0.3 is 9.14 Å². The zero-order valence-electron chi connectivity index (χ0n) is 11.2. The molecule has 1 aliphatic carbocycles. The van der Waals surface area contributed by atoms with Gasteiger partial charge in [-0.05, 0) is 42.0 Å². The molecule has 6 heteroatoms. The Labute approximate surface area is 126 Å². The average molecular weight is 301 g/mol. The molecule has 0 aromatic carbocycles. The van der Waals surface area contributed by atoms with E-state index in [0.717, 1.165) is 17.3 Å². The summed E-state index contributed by atoms with van der Waals surface area (Å²) in [4.78, 5) is 12.3. The third kappa shape index (κ3) is 2.69. The van der Waals surface area contributed by atoms with Gasteiger partial charge in [0.05, 0.1) is 5.69 Å². The van der Waals surface area contributed by atoms with Gasteiger partial charge in [-0.25, -0.2) is 9.97 Å². The third-order valence-corrected chi connectivity index (χ3v) is 3.72. The number of hydrogen-bond donors (Lipinski definition) is 0. The van der Waals surface area contributed by atoms with E-state index in [-0.39, 0.29) is 5.28 Å². The van der Waals surface area contributed by atoms with Gasteiger partial charge in [0.1, 0.15) is 12.3 Å². The molecule has 3 aromatic heterocycles. The molecule has 21 heavy (non-hydrogen) atoms. The maximum atomic E-state index is 5.72. The molecule has 4 rings (SSSR count). The molecule has 0 N–H and O–H groups in total. The standard InChI is InChI=1S/C15H13ClN4O/c16-15-17-6-5-14(19-15)21-9-12-8-20-7-11(10-1-2-10)3-4-13(20)18-12/h3-8,10H,1-2,9H2. The van der Waals surface area contributed by atoms with Crippen molar-refractivity contribution in [2.45, 2.75) is 25.4 Å². The molecule has 3 heterocycles. The molecule has 3 aromatic rings. The first-order chi connectivity index (χ1) is 10.3. The molecule has 0 aliphatic heterocycles. The van der Waals surface area contributed by atoms with E-state index in [2.05, 4.69) is 37.7 Å². The summed E-state index contributed by atoms with van der Waals surface area (Å²) in [5, 5.41) is 0.177. The molecule has 5 nitrogen and oxygen atoms in total. The Morgan fingerprint density at radius 3 is 2.90 bits per heavy atom. The van der Waals surface area contributed by atoms with Crippen molar-refractivity contribution >= 4 is 17.2 Å². The lowest BCUT2D eigenvalue weighted by atomic mass is 10.2. The maximum absolute atomic E-state index is 5.72. The second-order valence-electron chi connectivity index (χ2n) is 5.19. The van der Waals surface area contributed by atoms with Crippen LogP contribution >= 0.6 is 11.6 Å². The van der Waals surface area contributed by atoms with Crippen LogP contribution in [0.15, 0.2) is 36.8 Å². The van der Waals surface area contributed by atoms with Gasteiger partial charge in [0.15, 0.2) is 0 Å². The van der Waals surface area contributed by atoms with Crippen molar-refractivity contribution in [1.82, 2.24) is 19.4 Å². The molecule has 106 valence electrons. The number of halogens is 1. The number of ether oxygens (including phenoxy) is 1. The Kier molecular flexibility index (Phi) is 3.00. The van der Waals surface area contributed by atoms with Crippen molar-refractivity contribution in [2.24, 2.45) is 0 Å². The van der Waals surface area contributed by atoms with Gasteiger partial charge in [0.2, 0.25) is 11.2 Å². The first-order valence-corrected chi connectivity index (χ1v) is 7.24. The molecule has 0 radical (unpaired) electrons. The third-order valence-electron chi connectivity index (χ3n) is 3.54. The highest BCUT2D eigenvalue weighted by Gasteiger charge is 2.23. The van der Waals surface area contributed by atoms with Crippen LogP contribution in [0.3, 0.4) is 0 Å². The SMILES string of the molecule is Clc1nccc(OCc2cn3cc(C4CC4)ccc3n2)n1. The monoisotopic (exact) mass is 300 g/mol. The van der Waals surface area contributed by atoms with E-state index in [9.17, 15) is 0 Å². The van der Waals surface area contributed by atoms with E-state index >= 15 is 0 Å². The van der Waals surface area contributed by atoms with Crippen LogP contribution in [-0.4, -0.2) is 19.4 Å². The van der Waals surface area contributed by atoms with Gasteiger partial charge in [-0.15, -0.1) is 0 Å². The smallest absolute Gasteiger partial charge is 0.225 e. The number of imidazole rings is 1. The van der Waals surface area contributed by atoms with Gasteiger partial charge in [0.25, 0.3) is 0 Å². The topological polar surface area (TPSA) is 52.3 Å². The van der Waals surface area contributed by atoms with Gasteiger partial charge >= 0.3 is 0 Å². The number of rotatable bonds is 4. The summed E-state index contributed by atoms with van der Waals surface area (Å²) in [7, 11) is 0. The fourth-order valence-corrected chi connectivity index (χ4v) is 2.48. The zero-order chi connectivity index (χ0) is 14.2.